The molecule has 0 aliphatic heterocycles. The molecular weight excluding hydrogens is 342 g/mol. The molecule has 1 saturated carbocycles. The lowest BCUT2D eigenvalue weighted by molar-refractivity contribution is 0.632. The van der Waals surface area contributed by atoms with Gasteiger partial charge < -0.3 is 15.3 Å². The fourth-order valence-corrected chi connectivity index (χ4v) is 4.72. The lowest BCUT2D eigenvalue weighted by Crippen LogP contribution is -2.16. The molecule has 0 atom stereocenters. The van der Waals surface area contributed by atoms with Crippen LogP contribution in [0.4, 0.5) is 0 Å². The Balaban J connectivity index is 1.58. The Morgan fingerprint density at radius 3 is 2.79 bits per heavy atom. The van der Waals surface area contributed by atoms with Crippen LogP contribution in [0.5, 0.6) is 0 Å². The van der Waals surface area contributed by atoms with Crippen molar-refractivity contribution in [3.8, 4) is 0 Å². The molecule has 1 fully saturated rings. The van der Waals surface area contributed by atoms with Crippen LogP contribution in [0, 0.1) is 5.41 Å². The lowest BCUT2D eigenvalue weighted by atomic mass is 9.85. The Hall–Kier alpha value is -2.13. The Morgan fingerprint density at radius 2 is 2.00 bits per heavy atom. The van der Waals surface area contributed by atoms with Gasteiger partial charge in [0.15, 0.2) is 0 Å². The third kappa shape index (κ3) is 4.47. The standard InChI is InChI=1S/C25H35N3/c1-4-24-23(22-13-7-8-14-25(22)28(24)3)18-27-17-9-10-19(2)21-12-6-5-11-20(21)15-16-26/h7-8,13-16,26-27H,4-6,9-12,17-18H2,1-3H3/b20-15-,21-19+,26-16?. The Kier molecular flexibility index (Phi) is 7.27. The molecule has 0 saturated heterocycles. The Bertz CT molecular complexity index is 883. The topological polar surface area (TPSA) is 40.8 Å². The van der Waals surface area contributed by atoms with Crippen molar-refractivity contribution in [3.05, 3.63) is 58.3 Å². The second-order valence-corrected chi connectivity index (χ2v) is 7.96. The number of fused-ring (bicyclic) bond motifs is 1. The largest absolute Gasteiger partial charge is 0.347 e. The number of nitrogens with one attached hydrogen (secondary N) is 2. The minimum atomic E-state index is 0.944. The highest BCUT2D eigenvalue weighted by atomic mass is 15.0. The molecule has 0 bridgehead atoms. The van der Waals surface area contributed by atoms with E-state index < -0.39 is 0 Å². The van der Waals surface area contributed by atoms with Crippen molar-refractivity contribution in [1.29, 1.82) is 5.41 Å². The van der Waals surface area contributed by atoms with Gasteiger partial charge in [-0.05, 0) is 87.3 Å². The lowest BCUT2D eigenvalue weighted by Gasteiger charge is -2.21. The maximum Gasteiger partial charge on any atom is 0.0483 e. The molecule has 1 heterocycles. The number of aryl methyl sites for hydroxylation is 1. The molecule has 1 aliphatic carbocycles. The number of hydrogen-bond acceptors (Lipinski definition) is 2. The van der Waals surface area contributed by atoms with Gasteiger partial charge in [-0.1, -0.05) is 30.7 Å². The molecule has 28 heavy (non-hydrogen) atoms. The van der Waals surface area contributed by atoms with Crippen molar-refractivity contribution in [2.45, 2.75) is 65.3 Å². The number of benzene rings is 1. The van der Waals surface area contributed by atoms with Gasteiger partial charge in [-0.15, -0.1) is 0 Å². The molecule has 3 rings (SSSR count). The van der Waals surface area contributed by atoms with Crippen molar-refractivity contribution in [3.63, 3.8) is 0 Å². The highest BCUT2D eigenvalue weighted by molar-refractivity contribution is 5.85. The maximum atomic E-state index is 7.40. The molecule has 3 nitrogen and oxygen atoms in total. The maximum absolute atomic E-state index is 7.40. The number of allylic oxidation sites excluding steroid dienone is 4. The molecule has 150 valence electrons. The first-order valence-electron chi connectivity index (χ1n) is 10.8. The summed E-state index contributed by atoms with van der Waals surface area (Å²) in [5, 5.41) is 12.5. The van der Waals surface area contributed by atoms with E-state index in [1.807, 2.05) is 6.08 Å². The summed E-state index contributed by atoms with van der Waals surface area (Å²) in [5.74, 6) is 0. The van der Waals surface area contributed by atoms with Gasteiger partial charge in [-0.25, -0.2) is 0 Å². The van der Waals surface area contributed by atoms with Crippen LogP contribution in [-0.2, 0) is 20.0 Å². The van der Waals surface area contributed by atoms with Crippen LogP contribution >= 0.6 is 0 Å². The molecule has 0 radical (unpaired) electrons. The number of rotatable bonds is 8. The van der Waals surface area contributed by atoms with Crippen LogP contribution < -0.4 is 5.32 Å². The van der Waals surface area contributed by atoms with Crippen molar-refractivity contribution in [2.75, 3.05) is 6.54 Å². The first-order chi connectivity index (χ1) is 13.7. The summed E-state index contributed by atoms with van der Waals surface area (Å²) in [6.07, 6.45) is 11.7. The predicted octanol–water partition coefficient (Wildman–Crippen LogP) is 6.08. The smallest absolute Gasteiger partial charge is 0.0483 e. The minimum Gasteiger partial charge on any atom is -0.347 e. The molecule has 3 heteroatoms. The fourth-order valence-electron chi connectivity index (χ4n) is 4.72. The van der Waals surface area contributed by atoms with E-state index >= 15 is 0 Å². The minimum absolute atomic E-state index is 0.944. The average Bonchev–Trinajstić information content (AvgIpc) is 2.99. The number of aromatic nitrogens is 1. The molecule has 0 amide bonds. The summed E-state index contributed by atoms with van der Waals surface area (Å²) in [5.41, 5.74) is 8.68. The summed E-state index contributed by atoms with van der Waals surface area (Å²) in [7, 11) is 2.18. The highest BCUT2D eigenvalue weighted by Gasteiger charge is 2.14. The van der Waals surface area contributed by atoms with E-state index in [1.54, 1.807) is 0 Å². The van der Waals surface area contributed by atoms with Gasteiger partial charge >= 0.3 is 0 Å². The van der Waals surface area contributed by atoms with E-state index in [0.29, 0.717) is 0 Å². The zero-order valence-electron chi connectivity index (χ0n) is 17.8. The normalized spacial score (nSPS) is 18.0. The molecule has 0 spiro atoms. The van der Waals surface area contributed by atoms with Crippen molar-refractivity contribution < 1.29 is 0 Å². The molecular formula is C25H35N3. The van der Waals surface area contributed by atoms with Crippen LogP contribution in [0.1, 0.15) is 63.6 Å². The second kappa shape index (κ2) is 9.88. The van der Waals surface area contributed by atoms with Gasteiger partial charge in [0.1, 0.15) is 0 Å². The number of para-hydroxylation sites is 1. The van der Waals surface area contributed by atoms with E-state index in [-0.39, 0.29) is 0 Å². The third-order valence-electron chi connectivity index (χ3n) is 6.20. The molecule has 1 aromatic carbocycles. The van der Waals surface area contributed by atoms with E-state index in [0.717, 1.165) is 32.4 Å². The number of nitrogens with zero attached hydrogens (tertiary/aromatic N) is 1. The quantitative estimate of drug-likeness (QED) is 0.425. The summed E-state index contributed by atoms with van der Waals surface area (Å²) in [6, 6.07) is 8.74. The van der Waals surface area contributed by atoms with Gasteiger partial charge in [0.2, 0.25) is 0 Å². The fraction of sp³-hybridized carbons (Fsp3) is 0.480. The van der Waals surface area contributed by atoms with Gasteiger partial charge in [0.05, 0.1) is 0 Å². The molecule has 0 unspecified atom stereocenters. The van der Waals surface area contributed by atoms with Crippen LogP contribution in [0.15, 0.2) is 47.1 Å². The summed E-state index contributed by atoms with van der Waals surface area (Å²) in [6.45, 7) is 6.52. The number of hydrogen-bond donors (Lipinski definition) is 2. The van der Waals surface area contributed by atoms with E-state index in [4.69, 9.17) is 5.41 Å². The molecule has 1 aliphatic rings. The summed E-state index contributed by atoms with van der Waals surface area (Å²) < 4.78 is 2.35. The first-order valence-corrected chi connectivity index (χ1v) is 10.8. The average molecular weight is 378 g/mol. The van der Waals surface area contributed by atoms with Crippen LogP contribution in [-0.4, -0.2) is 17.3 Å². The van der Waals surface area contributed by atoms with Crippen molar-refractivity contribution >= 4 is 17.1 Å². The zero-order chi connectivity index (χ0) is 19.9. The van der Waals surface area contributed by atoms with Crippen molar-refractivity contribution in [1.82, 2.24) is 9.88 Å². The monoisotopic (exact) mass is 377 g/mol. The van der Waals surface area contributed by atoms with Gasteiger partial charge in [0.25, 0.3) is 0 Å². The Labute approximate surface area is 170 Å². The van der Waals surface area contributed by atoms with E-state index in [2.05, 4.69) is 55.0 Å². The van der Waals surface area contributed by atoms with Gasteiger partial charge in [-0.2, -0.15) is 0 Å². The highest BCUT2D eigenvalue weighted by Crippen LogP contribution is 2.32. The summed E-state index contributed by atoms with van der Waals surface area (Å²) >= 11 is 0. The Morgan fingerprint density at radius 1 is 1.21 bits per heavy atom. The summed E-state index contributed by atoms with van der Waals surface area (Å²) in [4.78, 5) is 0. The zero-order valence-corrected chi connectivity index (χ0v) is 17.8. The van der Waals surface area contributed by atoms with Crippen LogP contribution in [0.2, 0.25) is 0 Å². The van der Waals surface area contributed by atoms with E-state index in [9.17, 15) is 0 Å². The third-order valence-corrected chi connectivity index (χ3v) is 6.20. The van der Waals surface area contributed by atoms with Crippen LogP contribution in [0.3, 0.4) is 0 Å². The van der Waals surface area contributed by atoms with Crippen molar-refractivity contribution in [2.24, 2.45) is 7.05 Å². The van der Waals surface area contributed by atoms with Gasteiger partial charge in [-0.3, -0.25) is 0 Å². The van der Waals surface area contributed by atoms with Crippen LogP contribution in [0.25, 0.3) is 10.9 Å². The first kappa shape index (κ1) is 20.6. The molecule has 1 aromatic heterocycles. The van der Waals surface area contributed by atoms with E-state index in [1.165, 1.54) is 70.8 Å². The SMILES string of the molecule is CCc1c(CNCCC/C(C)=C2\CCCC\C2=C\C=N)c2ccccc2n1C. The molecule has 2 N–H and O–H groups in total. The second-order valence-electron chi connectivity index (χ2n) is 7.96. The predicted molar refractivity (Wildman–Crippen MR) is 121 cm³/mol. The molecule has 2 aromatic rings. The van der Waals surface area contributed by atoms with Gasteiger partial charge in [0, 0.05) is 36.4 Å².